The fraction of sp³-hybridized carbons (Fsp3) is 0.923. The molecule has 2 saturated carbocycles. The van der Waals surface area contributed by atoms with Gasteiger partial charge in [0.25, 0.3) is 0 Å². The maximum absolute atomic E-state index is 12.1. The maximum atomic E-state index is 12.1. The lowest BCUT2D eigenvalue weighted by Gasteiger charge is -2.38. The van der Waals surface area contributed by atoms with E-state index in [0.29, 0.717) is 12.5 Å². The van der Waals surface area contributed by atoms with Crippen molar-refractivity contribution in [2.45, 2.75) is 57.4 Å². The first-order valence-electron chi connectivity index (χ1n) is 6.69. The second kappa shape index (κ2) is 4.74. The first-order valence-corrected chi connectivity index (χ1v) is 6.69. The molecule has 92 valence electrons. The summed E-state index contributed by atoms with van der Waals surface area (Å²) >= 11 is 0. The normalized spacial score (nSPS) is 26.1. The fourth-order valence-electron chi connectivity index (χ4n) is 2.79. The highest BCUT2D eigenvalue weighted by atomic mass is 16.2. The third-order valence-corrected chi connectivity index (χ3v) is 4.33. The zero-order valence-corrected chi connectivity index (χ0v) is 10.3. The van der Waals surface area contributed by atoms with Crippen LogP contribution in [0, 0.1) is 11.8 Å². The van der Waals surface area contributed by atoms with Gasteiger partial charge < -0.3 is 11.1 Å². The number of hydrogen-bond acceptors (Lipinski definition) is 2. The van der Waals surface area contributed by atoms with Gasteiger partial charge in [-0.3, -0.25) is 4.79 Å². The number of nitrogens with two attached hydrogens (primary N) is 1. The molecule has 1 unspecified atom stereocenters. The summed E-state index contributed by atoms with van der Waals surface area (Å²) in [6.45, 7) is 2.65. The summed E-state index contributed by atoms with van der Waals surface area (Å²) in [5.41, 5.74) is 5.78. The van der Waals surface area contributed by atoms with Crippen LogP contribution < -0.4 is 11.1 Å². The van der Waals surface area contributed by atoms with E-state index in [9.17, 15) is 4.79 Å². The standard InChI is InChI=1S/C13H24N2O/c1-10(11-5-6-11)12(16)15-13(9-14)7-3-2-4-8-13/h10-11H,2-9,14H2,1H3,(H,15,16). The van der Waals surface area contributed by atoms with E-state index in [4.69, 9.17) is 5.73 Å². The number of amides is 1. The van der Waals surface area contributed by atoms with Gasteiger partial charge in [0.2, 0.25) is 5.91 Å². The highest BCUT2D eigenvalue weighted by Gasteiger charge is 2.37. The molecule has 0 saturated heterocycles. The number of carbonyl (C=O) groups excluding carboxylic acids is 1. The minimum atomic E-state index is -0.0848. The van der Waals surface area contributed by atoms with Gasteiger partial charge in [-0.1, -0.05) is 26.2 Å². The fourth-order valence-corrected chi connectivity index (χ4v) is 2.79. The van der Waals surface area contributed by atoms with Crippen LogP contribution in [0.15, 0.2) is 0 Å². The van der Waals surface area contributed by atoms with E-state index in [1.54, 1.807) is 0 Å². The van der Waals surface area contributed by atoms with Crippen LogP contribution in [-0.4, -0.2) is 18.0 Å². The molecule has 3 heteroatoms. The van der Waals surface area contributed by atoms with E-state index in [1.165, 1.54) is 32.1 Å². The third kappa shape index (κ3) is 2.57. The van der Waals surface area contributed by atoms with Crippen molar-refractivity contribution in [3.63, 3.8) is 0 Å². The van der Waals surface area contributed by atoms with Gasteiger partial charge in [-0.25, -0.2) is 0 Å². The van der Waals surface area contributed by atoms with E-state index >= 15 is 0 Å². The molecule has 2 rings (SSSR count). The van der Waals surface area contributed by atoms with Crippen LogP contribution in [0.4, 0.5) is 0 Å². The quantitative estimate of drug-likeness (QED) is 0.765. The van der Waals surface area contributed by atoms with E-state index < -0.39 is 0 Å². The third-order valence-electron chi connectivity index (χ3n) is 4.33. The molecule has 0 bridgehead atoms. The molecule has 3 nitrogen and oxygen atoms in total. The van der Waals surface area contributed by atoms with Crippen LogP contribution in [0.1, 0.15) is 51.9 Å². The van der Waals surface area contributed by atoms with Crippen LogP contribution in [0.3, 0.4) is 0 Å². The van der Waals surface area contributed by atoms with Gasteiger partial charge in [-0.05, 0) is 31.6 Å². The van der Waals surface area contributed by atoms with Crippen LogP contribution in [0.5, 0.6) is 0 Å². The molecule has 0 aromatic carbocycles. The van der Waals surface area contributed by atoms with Crippen LogP contribution in [0.25, 0.3) is 0 Å². The van der Waals surface area contributed by atoms with E-state index in [1.807, 2.05) is 0 Å². The van der Waals surface area contributed by atoms with Crippen molar-refractivity contribution in [1.82, 2.24) is 5.32 Å². The monoisotopic (exact) mass is 224 g/mol. The van der Waals surface area contributed by atoms with Crippen molar-refractivity contribution in [1.29, 1.82) is 0 Å². The Morgan fingerprint density at radius 3 is 2.50 bits per heavy atom. The van der Waals surface area contributed by atoms with Gasteiger partial charge in [0.1, 0.15) is 0 Å². The Bertz CT molecular complexity index is 255. The largest absolute Gasteiger partial charge is 0.349 e. The molecule has 16 heavy (non-hydrogen) atoms. The minimum absolute atomic E-state index is 0.0848. The van der Waals surface area contributed by atoms with E-state index in [2.05, 4.69) is 12.2 Å². The van der Waals surface area contributed by atoms with Crippen molar-refractivity contribution >= 4 is 5.91 Å². The summed E-state index contributed by atoms with van der Waals surface area (Å²) in [5, 5.41) is 3.24. The second-order valence-corrected chi connectivity index (χ2v) is 5.66. The van der Waals surface area contributed by atoms with E-state index in [0.717, 1.165) is 12.8 Å². The number of carbonyl (C=O) groups is 1. The number of rotatable bonds is 4. The average molecular weight is 224 g/mol. The highest BCUT2D eigenvalue weighted by molar-refractivity contribution is 5.79. The highest BCUT2D eigenvalue weighted by Crippen LogP contribution is 2.37. The van der Waals surface area contributed by atoms with Gasteiger partial charge in [-0.15, -0.1) is 0 Å². The summed E-state index contributed by atoms with van der Waals surface area (Å²) in [4.78, 5) is 12.1. The molecule has 2 fully saturated rings. The molecule has 0 aliphatic heterocycles. The van der Waals surface area contributed by atoms with Gasteiger partial charge in [0, 0.05) is 12.5 Å². The van der Waals surface area contributed by atoms with Gasteiger partial charge in [0.05, 0.1) is 5.54 Å². The van der Waals surface area contributed by atoms with Crippen molar-refractivity contribution in [2.75, 3.05) is 6.54 Å². The first-order chi connectivity index (χ1) is 7.67. The van der Waals surface area contributed by atoms with Crippen molar-refractivity contribution in [3.8, 4) is 0 Å². The molecule has 0 aromatic heterocycles. The number of nitrogens with one attached hydrogen (secondary N) is 1. The van der Waals surface area contributed by atoms with Crippen molar-refractivity contribution in [3.05, 3.63) is 0 Å². The average Bonchev–Trinajstić information content (AvgIpc) is 3.13. The van der Waals surface area contributed by atoms with Crippen molar-refractivity contribution < 1.29 is 4.79 Å². The lowest BCUT2D eigenvalue weighted by Crippen LogP contribution is -2.56. The molecule has 0 radical (unpaired) electrons. The summed E-state index contributed by atoms with van der Waals surface area (Å²) < 4.78 is 0. The topological polar surface area (TPSA) is 55.1 Å². The predicted molar refractivity (Wildman–Crippen MR) is 64.9 cm³/mol. The zero-order valence-electron chi connectivity index (χ0n) is 10.3. The smallest absolute Gasteiger partial charge is 0.223 e. The minimum Gasteiger partial charge on any atom is -0.349 e. The molecule has 0 spiro atoms. The SMILES string of the molecule is CC(C(=O)NC1(CN)CCCCC1)C1CC1. The van der Waals surface area contributed by atoms with Crippen LogP contribution in [0.2, 0.25) is 0 Å². The van der Waals surface area contributed by atoms with E-state index in [-0.39, 0.29) is 17.4 Å². The van der Waals surface area contributed by atoms with Gasteiger partial charge in [-0.2, -0.15) is 0 Å². The van der Waals surface area contributed by atoms with Crippen LogP contribution in [-0.2, 0) is 4.79 Å². The summed E-state index contributed by atoms with van der Waals surface area (Å²) in [7, 11) is 0. The summed E-state index contributed by atoms with van der Waals surface area (Å²) in [6.07, 6.45) is 8.27. The molecule has 3 N–H and O–H groups in total. The molecule has 0 heterocycles. The molecular weight excluding hydrogens is 200 g/mol. The van der Waals surface area contributed by atoms with Crippen molar-refractivity contribution in [2.24, 2.45) is 17.6 Å². The Hall–Kier alpha value is -0.570. The molecule has 1 amide bonds. The molecular formula is C13H24N2O. The Labute approximate surface area is 98.2 Å². The maximum Gasteiger partial charge on any atom is 0.223 e. The molecule has 1 atom stereocenters. The summed E-state index contributed by atoms with van der Waals surface area (Å²) in [5.74, 6) is 1.05. The first kappa shape index (κ1) is 11.9. The zero-order chi connectivity index (χ0) is 11.6. The summed E-state index contributed by atoms with van der Waals surface area (Å²) in [6, 6.07) is 0. The number of hydrogen-bond donors (Lipinski definition) is 2. The lowest BCUT2D eigenvalue weighted by molar-refractivity contribution is -0.127. The lowest BCUT2D eigenvalue weighted by atomic mass is 9.81. The van der Waals surface area contributed by atoms with Gasteiger partial charge >= 0.3 is 0 Å². The Balaban J connectivity index is 1.91. The predicted octanol–water partition coefficient (Wildman–Crippen LogP) is 1.81. The Morgan fingerprint density at radius 1 is 1.38 bits per heavy atom. The second-order valence-electron chi connectivity index (χ2n) is 5.66. The van der Waals surface area contributed by atoms with Crippen LogP contribution >= 0.6 is 0 Å². The van der Waals surface area contributed by atoms with Gasteiger partial charge in [0.15, 0.2) is 0 Å². The Kier molecular flexibility index (Phi) is 3.53. The molecule has 2 aliphatic rings. The molecule has 0 aromatic rings. The Morgan fingerprint density at radius 2 is 2.00 bits per heavy atom. The molecule has 2 aliphatic carbocycles.